The van der Waals surface area contributed by atoms with Crippen LogP contribution in [0.4, 0.5) is 17.3 Å². The van der Waals surface area contributed by atoms with Crippen LogP contribution in [0.3, 0.4) is 0 Å². The van der Waals surface area contributed by atoms with Gasteiger partial charge in [0.2, 0.25) is 5.65 Å². The van der Waals surface area contributed by atoms with Gasteiger partial charge in [0.25, 0.3) is 0 Å². The molecule has 0 aromatic carbocycles. The molecule has 3 rings (SSSR count). The molecule has 2 N–H and O–H groups in total. The molecule has 0 amide bonds. The van der Waals surface area contributed by atoms with E-state index in [1.807, 2.05) is 6.07 Å². The Hall–Kier alpha value is -2.77. The second-order valence-electron chi connectivity index (χ2n) is 6.26. The molecule has 0 fully saturated rings. The van der Waals surface area contributed by atoms with Crippen molar-refractivity contribution in [2.45, 2.75) is 52.5 Å². The van der Waals surface area contributed by atoms with E-state index in [2.05, 4.69) is 58.5 Å². The van der Waals surface area contributed by atoms with Gasteiger partial charge in [0.1, 0.15) is 11.6 Å². The fourth-order valence-corrected chi connectivity index (χ4v) is 2.62. The monoisotopic (exact) mass is 340 g/mol. The summed E-state index contributed by atoms with van der Waals surface area (Å²) in [7, 11) is 0. The fraction of sp³-hybridized carbons (Fsp3) is 0.471. The van der Waals surface area contributed by atoms with Gasteiger partial charge in [0, 0.05) is 30.4 Å². The predicted octanol–water partition coefficient (Wildman–Crippen LogP) is 3.38. The molecule has 3 aromatic rings. The Bertz CT molecular complexity index is 823. The summed E-state index contributed by atoms with van der Waals surface area (Å²) in [5.74, 6) is 2.48. The minimum Gasteiger partial charge on any atom is -0.366 e. The van der Waals surface area contributed by atoms with Crippen LogP contribution in [0.15, 0.2) is 24.7 Å². The average molecular weight is 340 g/mol. The van der Waals surface area contributed by atoms with E-state index in [1.165, 1.54) is 0 Å². The van der Waals surface area contributed by atoms with E-state index in [1.54, 1.807) is 23.1 Å². The zero-order valence-corrected chi connectivity index (χ0v) is 15.1. The Morgan fingerprint density at radius 1 is 1.08 bits per heavy atom. The lowest BCUT2D eigenvalue weighted by atomic mass is 10.2. The number of fused-ring (bicyclic) bond motifs is 1. The molecule has 0 atom stereocenters. The highest BCUT2D eigenvalue weighted by Gasteiger charge is 2.16. The SMILES string of the molecule is CCC(CC)Nc1cc(Nc2cnccn2)c2nnc(C(C)C)n2n1. The first kappa shape index (κ1) is 17.1. The number of aromatic nitrogens is 6. The van der Waals surface area contributed by atoms with Crippen molar-refractivity contribution in [3.8, 4) is 0 Å². The predicted molar refractivity (Wildman–Crippen MR) is 98.2 cm³/mol. The summed E-state index contributed by atoms with van der Waals surface area (Å²) < 4.78 is 1.80. The molecule has 0 aliphatic rings. The van der Waals surface area contributed by atoms with Crippen molar-refractivity contribution in [3.63, 3.8) is 0 Å². The van der Waals surface area contributed by atoms with Gasteiger partial charge in [-0.2, -0.15) is 4.52 Å². The molecule has 0 unspecified atom stereocenters. The van der Waals surface area contributed by atoms with Gasteiger partial charge in [0.05, 0.1) is 11.9 Å². The number of hydrogen-bond donors (Lipinski definition) is 2. The maximum Gasteiger partial charge on any atom is 0.201 e. The van der Waals surface area contributed by atoms with Gasteiger partial charge in [-0.15, -0.1) is 15.3 Å². The van der Waals surface area contributed by atoms with Crippen LogP contribution in [0.2, 0.25) is 0 Å². The van der Waals surface area contributed by atoms with E-state index in [0.717, 1.165) is 30.2 Å². The van der Waals surface area contributed by atoms with Crippen LogP contribution in [0.1, 0.15) is 52.3 Å². The van der Waals surface area contributed by atoms with Crippen molar-refractivity contribution in [3.05, 3.63) is 30.5 Å². The normalized spacial score (nSPS) is 11.4. The molecular formula is C17H24N8. The second kappa shape index (κ2) is 7.42. The Morgan fingerprint density at radius 3 is 2.52 bits per heavy atom. The molecule has 132 valence electrons. The van der Waals surface area contributed by atoms with Crippen LogP contribution >= 0.6 is 0 Å². The van der Waals surface area contributed by atoms with Crippen molar-refractivity contribution in [1.29, 1.82) is 0 Å². The molecular weight excluding hydrogens is 316 g/mol. The maximum atomic E-state index is 4.70. The summed E-state index contributed by atoms with van der Waals surface area (Å²) in [6.45, 7) is 8.48. The van der Waals surface area contributed by atoms with Crippen LogP contribution in [-0.2, 0) is 0 Å². The summed E-state index contributed by atoms with van der Waals surface area (Å²) in [6, 6.07) is 2.31. The highest BCUT2D eigenvalue weighted by Crippen LogP contribution is 2.25. The minimum absolute atomic E-state index is 0.218. The highest BCUT2D eigenvalue weighted by molar-refractivity contribution is 5.74. The molecule has 8 heteroatoms. The van der Waals surface area contributed by atoms with E-state index in [0.29, 0.717) is 17.5 Å². The molecule has 8 nitrogen and oxygen atoms in total. The first-order valence-electron chi connectivity index (χ1n) is 8.68. The van der Waals surface area contributed by atoms with Crippen LogP contribution < -0.4 is 10.6 Å². The molecule has 0 radical (unpaired) electrons. The Labute approximate surface area is 147 Å². The van der Waals surface area contributed by atoms with Crippen molar-refractivity contribution in [1.82, 2.24) is 29.8 Å². The summed E-state index contributed by atoms with van der Waals surface area (Å²) in [6.07, 6.45) is 7.02. The number of anilines is 3. The Kier molecular flexibility index (Phi) is 5.06. The topological polar surface area (TPSA) is 92.9 Å². The van der Waals surface area contributed by atoms with Crippen LogP contribution in [-0.4, -0.2) is 35.8 Å². The van der Waals surface area contributed by atoms with Crippen LogP contribution in [0.25, 0.3) is 5.65 Å². The molecule has 0 aliphatic carbocycles. The Morgan fingerprint density at radius 2 is 1.88 bits per heavy atom. The van der Waals surface area contributed by atoms with Gasteiger partial charge in [-0.3, -0.25) is 4.98 Å². The molecule has 0 saturated heterocycles. The Balaban J connectivity index is 2.06. The van der Waals surface area contributed by atoms with Gasteiger partial charge in [0.15, 0.2) is 5.82 Å². The van der Waals surface area contributed by atoms with Crippen molar-refractivity contribution in [2.24, 2.45) is 0 Å². The third-order valence-electron chi connectivity index (χ3n) is 4.07. The summed E-state index contributed by atoms with van der Waals surface area (Å²) in [5.41, 5.74) is 1.47. The largest absolute Gasteiger partial charge is 0.366 e. The molecule has 3 aromatic heterocycles. The average Bonchev–Trinajstić information content (AvgIpc) is 3.05. The zero-order chi connectivity index (χ0) is 17.8. The number of nitrogens with zero attached hydrogens (tertiary/aromatic N) is 6. The molecule has 0 bridgehead atoms. The first-order valence-corrected chi connectivity index (χ1v) is 8.68. The summed E-state index contributed by atoms with van der Waals surface area (Å²) in [5, 5.41) is 20.1. The van der Waals surface area contributed by atoms with Crippen molar-refractivity contribution in [2.75, 3.05) is 10.6 Å². The molecule has 25 heavy (non-hydrogen) atoms. The lowest BCUT2D eigenvalue weighted by molar-refractivity contribution is 0.661. The number of nitrogens with one attached hydrogen (secondary N) is 2. The number of rotatable bonds is 7. The molecule has 0 aliphatic heterocycles. The van der Waals surface area contributed by atoms with E-state index in [-0.39, 0.29) is 5.92 Å². The summed E-state index contributed by atoms with van der Waals surface area (Å²) in [4.78, 5) is 8.37. The van der Waals surface area contributed by atoms with Gasteiger partial charge in [-0.05, 0) is 12.8 Å². The maximum absolute atomic E-state index is 4.70. The van der Waals surface area contributed by atoms with Crippen LogP contribution in [0.5, 0.6) is 0 Å². The van der Waals surface area contributed by atoms with E-state index in [9.17, 15) is 0 Å². The molecule has 0 spiro atoms. The smallest absolute Gasteiger partial charge is 0.201 e. The van der Waals surface area contributed by atoms with Crippen molar-refractivity contribution < 1.29 is 0 Å². The van der Waals surface area contributed by atoms with Gasteiger partial charge >= 0.3 is 0 Å². The summed E-state index contributed by atoms with van der Waals surface area (Å²) >= 11 is 0. The number of hydrogen-bond acceptors (Lipinski definition) is 7. The fourth-order valence-electron chi connectivity index (χ4n) is 2.62. The van der Waals surface area contributed by atoms with E-state index in [4.69, 9.17) is 5.10 Å². The van der Waals surface area contributed by atoms with Gasteiger partial charge in [-0.25, -0.2) is 4.98 Å². The zero-order valence-electron chi connectivity index (χ0n) is 15.1. The standard InChI is InChI=1S/C17H24N8/c1-5-12(6-2)20-14-9-13(21-15-10-18-7-8-19-15)17-23-22-16(11(3)4)25(17)24-14/h7-12H,5-6H2,1-4H3,(H,19,21)(H,20,24). The molecule has 3 heterocycles. The molecule has 0 saturated carbocycles. The van der Waals surface area contributed by atoms with Crippen LogP contribution in [0, 0.1) is 0 Å². The third kappa shape index (κ3) is 3.67. The quantitative estimate of drug-likeness (QED) is 0.681. The lowest BCUT2D eigenvalue weighted by Gasteiger charge is -2.17. The highest BCUT2D eigenvalue weighted by atomic mass is 15.4. The minimum atomic E-state index is 0.218. The van der Waals surface area contributed by atoms with E-state index < -0.39 is 0 Å². The van der Waals surface area contributed by atoms with E-state index >= 15 is 0 Å². The van der Waals surface area contributed by atoms with Gasteiger partial charge in [-0.1, -0.05) is 27.7 Å². The second-order valence-corrected chi connectivity index (χ2v) is 6.26. The first-order chi connectivity index (χ1) is 12.1. The van der Waals surface area contributed by atoms with Crippen molar-refractivity contribution >= 4 is 23.0 Å². The van der Waals surface area contributed by atoms with Gasteiger partial charge < -0.3 is 10.6 Å². The third-order valence-corrected chi connectivity index (χ3v) is 4.07. The lowest BCUT2D eigenvalue weighted by Crippen LogP contribution is -2.19.